The van der Waals surface area contributed by atoms with Gasteiger partial charge in [-0.3, -0.25) is 19.1 Å². The zero-order chi connectivity index (χ0) is 23.5. The third-order valence-electron chi connectivity index (χ3n) is 6.47. The minimum Gasteiger partial charge on any atom is -0.396 e. The van der Waals surface area contributed by atoms with E-state index in [0.29, 0.717) is 40.7 Å². The summed E-state index contributed by atoms with van der Waals surface area (Å²) in [6.45, 7) is 7.50. The van der Waals surface area contributed by atoms with Crippen molar-refractivity contribution in [2.75, 3.05) is 36.8 Å². The van der Waals surface area contributed by atoms with Crippen LogP contribution in [0.4, 0.5) is 11.5 Å². The summed E-state index contributed by atoms with van der Waals surface area (Å²) < 4.78 is 1.60. The van der Waals surface area contributed by atoms with Crippen LogP contribution in [0, 0.1) is 0 Å². The van der Waals surface area contributed by atoms with Crippen molar-refractivity contribution in [2.45, 2.75) is 37.9 Å². The summed E-state index contributed by atoms with van der Waals surface area (Å²) >= 11 is 12.1. The molecule has 7 nitrogen and oxygen atoms in total. The van der Waals surface area contributed by atoms with E-state index >= 15 is 0 Å². The maximum absolute atomic E-state index is 12.6. The van der Waals surface area contributed by atoms with E-state index in [4.69, 9.17) is 28.9 Å². The number of nitrogens with zero attached hydrogens (tertiary/aromatic N) is 3. The number of aromatic nitrogens is 1. The summed E-state index contributed by atoms with van der Waals surface area (Å²) in [6.07, 6.45) is 4.23. The number of carbonyl (C=O) groups excluding carboxylic acids is 1. The molecule has 0 aliphatic carbocycles. The third-order valence-corrected chi connectivity index (χ3v) is 7.21. The van der Waals surface area contributed by atoms with Crippen LogP contribution in [-0.4, -0.2) is 53.6 Å². The molecule has 1 aromatic carbocycles. The number of fused-ring (bicyclic) bond motifs is 1. The molecule has 2 aliphatic heterocycles. The molecule has 4 rings (SSSR count). The lowest BCUT2D eigenvalue weighted by atomic mass is 10.0. The Morgan fingerprint density at radius 1 is 1.18 bits per heavy atom. The Morgan fingerprint density at radius 2 is 1.94 bits per heavy atom. The topological polar surface area (TPSA) is 83.6 Å². The molecule has 2 aliphatic rings. The Kier molecular flexibility index (Phi) is 7.44. The number of amides is 1. The lowest BCUT2D eigenvalue weighted by molar-refractivity contribution is -0.114. The molecule has 1 fully saturated rings. The molecule has 2 aromatic rings. The van der Waals surface area contributed by atoms with E-state index in [-0.39, 0.29) is 17.5 Å². The number of hydrogen-bond donors (Lipinski definition) is 2. The summed E-state index contributed by atoms with van der Waals surface area (Å²) in [5.74, 6) is 0.249. The normalized spacial score (nSPS) is 19.0. The minimum absolute atomic E-state index is 0.145. The van der Waals surface area contributed by atoms with Gasteiger partial charge in [0.25, 0.3) is 11.5 Å². The van der Waals surface area contributed by atoms with Gasteiger partial charge < -0.3 is 16.0 Å². The fourth-order valence-corrected chi connectivity index (χ4v) is 5.07. The average molecular weight is 490 g/mol. The first-order valence-electron chi connectivity index (χ1n) is 11.2. The second kappa shape index (κ2) is 10.3. The second-order valence-corrected chi connectivity index (χ2v) is 9.47. The number of pyridine rings is 1. The number of nitrogen functional groups attached to an aromatic ring is 1. The van der Waals surface area contributed by atoms with E-state index in [2.05, 4.69) is 16.8 Å². The molecule has 1 atom stereocenters. The van der Waals surface area contributed by atoms with E-state index in [0.717, 1.165) is 44.5 Å². The van der Waals surface area contributed by atoms with Gasteiger partial charge in [0.15, 0.2) is 0 Å². The predicted molar refractivity (Wildman–Crippen MR) is 134 cm³/mol. The predicted octanol–water partition coefficient (Wildman–Crippen LogP) is 2.94. The highest BCUT2D eigenvalue weighted by molar-refractivity contribution is 6.42. The summed E-state index contributed by atoms with van der Waals surface area (Å²) in [4.78, 5) is 28.9. The van der Waals surface area contributed by atoms with Crippen molar-refractivity contribution in [3.8, 4) is 0 Å². The molecule has 1 unspecified atom stereocenters. The number of benzene rings is 1. The molecule has 0 bridgehead atoms. The van der Waals surface area contributed by atoms with Crippen LogP contribution < -0.4 is 21.5 Å². The van der Waals surface area contributed by atoms with Crippen LogP contribution in [0.3, 0.4) is 0 Å². The number of nitrogens with one attached hydrogen (secondary N) is 1. The Morgan fingerprint density at radius 3 is 2.64 bits per heavy atom. The van der Waals surface area contributed by atoms with Gasteiger partial charge in [0.2, 0.25) is 0 Å². The Bertz CT molecular complexity index is 1090. The number of piperidine rings is 1. The summed E-state index contributed by atoms with van der Waals surface area (Å²) in [6, 6.07) is 9.08. The van der Waals surface area contributed by atoms with Crippen molar-refractivity contribution in [3.63, 3.8) is 0 Å². The van der Waals surface area contributed by atoms with Crippen LogP contribution in [0.5, 0.6) is 0 Å². The van der Waals surface area contributed by atoms with Crippen LogP contribution >= 0.6 is 23.2 Å². The van der Waals surface area contributed by atoms with E-state index in [1.807, 2.05) is 18.2 Å². The molecule has 0 saturated carbocycles. The van der Waals surface area contributed by atoms with Gasteiger partial charge in [-0.2, -0.15) is 0 Å². The molecule has 1 saturated heterocycles. The van der Waals surface area contributed by atoms with Gasteiger partial charge in [0.1, 0.15) is 5.82 Å². The lowest BCUT2D eigenvalue weighted by Crippen LogP contribution is -2.49. The van der Waals surface area contributed by atoms with Crippen molar-refractivity contribution >= 4 is 40.6 Å². The van der Waals surface area contributed by atoms with Gasteiger partial charge in [-0.1, -0.05) is 35.8 Å². The minimum atomic E-state index is -0.234. The van der Waals surface area contributed by atoms with Gasteiger partial charge in [0, 0.05) is 25.2 Å². The first-order chi connectivity index (χ1) is 15.9. The highest BCUT2D eigenvalue weighted by atomic mass is 35.5. The van der Waals surface area contributed by atoms with E-state index in [1.165, 1.54) is 12.1 Å². The first-order valence-corrected chi connectivity index (χ1v) is 12.0. The van der Waals surface area contributed by atoms with Crippen LogP contribution in [0.2, 0.25) is 10.0 Å². The van der Waals surface area contributed by atoms with Gasteiger partial charge in [-0.05, 0) is 68.7 Å². The smallest absolute Gasteiger partial charge is 0.252 e. The molecule has 1 aromatic heterocycles. The summed E-state index contributed by atoms with van der Waals surface area (Å²) in [7, 11) is 0. The van der Waals surface area contributed by atoms with E-state index in [9.17, 15) is 9.59 Å². The van der Waals surface area contributed by atoms with Gasteiger partial charge >= 0.3 is 0 Å². The monoisotopic (exact) mass is 489 g/mol. The number of rotatable bonds is 7. The highest BCUT2D eigenvalue weighted by Gasteiger charge is 2.36. The van der Waals surface area contributed by atoms with Crippen LogP contribution in [-0.2, 0) is 17.8 Å². The molecular weight excluding hydrogens is 461 g/mol. The zero-order valence-corrected chi connectivity index (χ0v) is 20.0. The molecule has 33 heavy (non-hydrogen) atoms. The van der Waals surface area contributed by atoms with Gasteiger partial charge in [-0.25, -0.2) is 0 Å². The van der Waals surface area contributed by atoms with Gasteiger partial charge in [0.05, 0.1) is 21.8 Å². The summed E-state index contributed by atoms with van der Waals surface area (Å²) in [5.41, 5.74) is 7.56. The van der Waals surface area contributed by atoms with Crippen molar-refractivity contribution in [3.05, 3.63) is 68.9 Å². The largest absolute Gasteiger partial charge is 0.396 e. The molecule has 9 heteroatoms. The number of nitrogens with two attached hydrogens (primary N) is 1. The standard InChI is InChI=1S/C24H29Cl2N5O2/c1-2-22(32)31-18(15-30-23(33)6-5-21(27)24(30)31)14-29-11-8-17(9-12-29)28-10-7-16-3-4-19(25)20(26)13-16/h2-6,13,17-18,28H,1,7-12,14-15,27H2. The lowest BCUT2D eigenvalue weighted by Gasteiger charge is -2.35. The zero-order valence-electron chi connectivity index (χ0n) is 18.5. The van der Waals surface area contributed by atoms with Crippen molar-refractivity contribution in [1.82, 2.24) is 14.8 Å². The van der Waals surface area contributed by atoms with Crippen LogP contribution in [0.1, 0.15) is 18.4 Å². The number of hydrogen-bond acceptors (Lipinski definition) is 5. The van der Waals surface area contributed by atoms with E-state index < -0.39 is 0 Å². The first kappa shape index (κ1) is 23.8. The molecule has 3 heterocycles. The molecule has 176 valence electrons. The SMILES string of the molecule is C=CC(=O)N1c2c(N)ccc(=O)n2CC1CN1CCC(NCCc2ccc(Cl)c(Cl)c2)CC1. The van der Waals surface area contributed by atoms with E-state index in [1.54, 1.807) is 15.5 Å². The Labute approximate surface area is 203 Å². The fourth-order valence-electron chi connectivity index (χ4n) is 4.75. The number of likely N-dealkylation sites (tertiary alicyclic amines) is 1. The Balaban J connectivity index is 1.30. The van der Waals surface area contributed by atoms with Crippen LogP contribution in [0.15, 0.2) is 47.8 Å². The third kappa shape index (κ3) is 5.27. The van der Waals surface area contributed by atoms with Crippen molar-refractivity contribution in [2.24, 2.45) is 0 Å². The molecular formula is C24H29Cl2N5O2. The molecule has 3 N–H and O–H groups in total. The quantitative estimate of drug-likeness (QED) is 0.584. The van der Waals surface area contributed by atoms with Gasteiger partial charge in [-0.15, -0.1) is 0 Å². The highest BCUT2D eigenvalue weighted by Crippen LogP contribution is 2.31. The van der Waals surface area contributed by atoms with Crippen LogP contribution in [0.25, 0.3) is 0 Å². The maximum atomic E-state index is 12.6. The molecule has 0 radical (unpaired) electrons. The number of anilines is 2. The average Bonchev–Trinajstić information content (AvgIpc) is 3.19. The second-order valence-electron chi connectivity index (χ2n) is 8.65. The number of carbonyl (C=O) groups is 1. The Hall–Kier alpha value is -2.32. The fraction of sp³-hybridized carbons (Fsp3) is 0.417. The molecule has 0 spiro atoms. The van der Waals surface area contributed by atoms with Crippen molar-refractivity contribution in [1.29, 1.82) is 0 Å². The summed E-state index contributed by atoms with van der Waals surface area (Å²) in [5, 5.41) is 4.80. The van der Waals surface area contributed by atoms with Crippen molar-refractivity contribution < 1.29 is 4.79 Å². The maximum Gasteiger partial charge on any atom is 0.252 e. The molecule has 1 amide bonds. The number of halogens is 2.